The Kier molecular flexibility index (Phi) is 3.87. The summed E-state index contributed by atoms with van der Waals surface area (Å²) in [6, 6.07) is 2.48. The molecule has 1 aliphatic heterocycles. The lowest BCUT2D eigenvalue weighted by atomic mass is 9.77. The molecule has 20 heavy (non-hydrogen) atoms. The largest absolute Gasteiger partial charge is 0.350 e. The third kappa shape index (κ3) is 2.77. The van der Waals surface area contributed by atoms with Crippen LogP contribution in [0.2, 0.25) is 0 Å². The summed E-state index contributed by atoms with van der Waals surface area (Å²) in [6.45, 7) is 6.37. The fraction of sp³-hybridized carbons (Fsp3) is 0.688. The van der Waals surface area contributed by atoms with Crippen molar-refractivity contribution < 1.29 is 4.79 Å². The molecule has 3 nitrogen and oxygen atoms in total. The minimum Gasteiger partial charge on any atom is -0.350 e. The van der Waals surface area contributed by atoms with Crippen molar-refractivity contribution in [3.63, 3.8) is 0 Å². The van der Waals surface area contributed by atoms with Gasteiger partial charge in [0.05, 0.1) is 4.88 Å². The summed E-state index contributed by atoms with van der Waals surface area (Å²) >= 11 is 1.68. The van der Waals surface area contributed by atoms with Gasteiger partial charge in [0.1, 0.15) is 0 Å². The van der Waals surface area contributed by atoms with Crippen LogP contribution in [0.5, 0.6) is 0 Å². The van der Waals surface area contributed by atoms with E-state index in [-0.39, 0.29) is 11.3 Å². The number of carbonyl (C=O) groups excluding carboxylic acids is 1. The smallest absolute Gasteiger partial charge is 0.261 e. The molecule has 2 heterocycles. The van der Waals surface area contributed by atoms with E-state index < -0.39 is 0 Å². The van der Waals surface area contributed by atoms with Gasteiger partial charge in [-0.25, -0.2) is 0 Å². The highest BCUT2D eigenvalue weighted by Gasteiger charge is 2.32. The maximum Gasteiger partial charge on any atom is 0.261 e. The van der Waals surface area contributed by atoms with Crippen LogP contribution in [0.3, 0.4) is 0 Å². The molecule has 0 spiro atoms. The lowest BCUT2D eigenvalue weighted by molar-refractivity contribution is 0.0933. The molecule has 2 aliphatic rings. The SMILES string of the molecule is CC1(C)CCCNC1CNC(=O)c1cc2c(s1)CCC2. The van der Waals surface area contributed by atoms with Crippen LogP contribution in [0.15, 0.2) is 6.07 Å². The lowest BCUT2D eigenvalue weighted by Crippen LogP contribution is -2.52. The second-order valence-corrected chi connectivity index (χ2v) is 7.86. The van der Waals surface area contributed by atoms with Gasteiger partial charge in [-0.05, 0) is 55.7 Å². The normalized spacial score (nSPS) is 24.4. The summed E-state index contributed by atoms with van der Waals surface area (Å²) in [6.07, 6.45) is 6.02. The van der Waals surface area contributed by atoms with Gasteiger partial charge in [0.25, 0.3) is 5.91 Å². The summed E-state index contributed by atoms with van der Waals surface area (Å²) in [5, 5.41) is 6.67. The molecule has 1 unspecified atom stereocenters. The number of piperidine rings is 1. The van der Waals surface area contributed by atoms with E-state index in [4.69, 9.17) is 0 Å². The number of nitrogens with one attached hydrogen (secondary N) is 2. The number of aryl methyl sites for hydroxylation is 2. The minimum absolute atomic E-state index is 0.104. The molecule has 4 heteroatoms. The Hall–Kier alpha value is -0.870. The van der Waals surface area contributed by atoms with Crippen molar-refractivity contribution in [2.75, 3.05) is 13.1 Å². The van der Waals surface area contributed by atoms with Gasteiger partial charge in [0.2, 0.25) is 0 Å². The van der Waals surface area contributed by atoms with Crippen LogP contribution in [0.1, 0.15) is 53.2 Å². The Morgan fingerprint density at radius 2 is 2.30 bits per heavy atom. The average molecular weight is 292 g/mol. The molecule has 1 saturated heterocycles. The number of amides is 1. The molecule has 0 bridgehead atoms. The molecule has 110 valence electrons. The minimum atomic E-state index is 0.104. The molecule has 0 saturated carbocycles. The zero-order valence-electron chi connectivity index (χ0n) is 12.4. The number of rotatable bonds is 3. The van der Waals surface area contributed by atoms with Crippen LogP contribution in [0.25, 0.3) is 0 Å². The molecular formula is C16H24N2OS. The molecule has 1 aromatic rings. The molecule has 1 atom stereocenters. The fourth-order valence-corrected chi connectivity index (χ4v) is 4.51. The predicted molar refractivity (Wildman–Crippen MR) is 83.5 cm³/mol. The maximum atomic E-state index is 12.3. The third-order valence-electron chi connectivity index (χ3n) is 4.77. The first-order valence-electron chi connectivity index (χ1n) is 7.69. The van der Waals surface area contributed by atoms with E-state index >= 15 is 0 Å². The maximum absolute atomic E-state index is 12.3. The predicted octanol–water partition coefficient (Wildman–Crippen LogP) is 2.74. The Morgan fingerprint density at radius 3 is 3.05 bits per heavy atom. The summed E-state index contributed by atoms with van der Waals surface area (Å²) in [7, 11) is 0. The van der Waals surface area contributed by atoms with Crippen LogP contribution < -0.4 is 10.6 Å². The number of carbonyl (C=O) groups is 1. The molecule has 1 fully saturated rings. The van der Waals surface area contributed by atoms with Crippen molar-refractivity contribution in [1.29, 1.82) is 0 Å². The molecule has 0 radical (unpaired) electrons. The van der Waals surface area contributed by atoms with E-state index in [1.807, 2.05) is 0 Å². The molecule has 2 N–H and O–H groups in total. The second-order valence-electron chi connectivity index (χ2n) is 6.72. The molecule has 1 aromatic heterocycles. The van der Waals surface area contributed by atoms with Crippen LogP contribution in [-0.2, 0) is 12.8 Å². The van der Waals surface area contributed by atoms with Gasteiger partial charge < -0.3 is 10.6 Å². The van der Waals surface area contributed by atoms with Gasteiger partial charge in [-0.1, -0.05) is 13.8 Å². The van der Waals surface area contributed by atoms with Gasteiger partial charge in [0, 0.05) is 17.5 Å². The van der Waals surface area contributed by atoms with Gasteiger partial charge in [0.15, 0.2) is 0 Å². The Morgan fingerprint density at radius 1 is 1.45 bits per heavy atom. The van der Waals surface area contributed by atoms with E-state index in [0.717, 1.165) is 30.8 Å². The molecular weight excluding hydrogens is 268 g/mol. The first-order valence-corrected chi connectivity index (χ1v) is 8.51. The van der Waals surface area contributed by atoms with Crippen LogP contribution >= 0.6 is 11.3 Å². The van der Waals surface area contributed by atoms with Crippen molar-refractivity contribution in [2.24, 2.45) is 5.41 Å². The van der Waals surface area contributed by atoms with E-state index in [9.17, 15) is 4.79 Å². The highest BCUT2D eigenvalue weighted by atomic mass is 32.1. The van der Waals surface area contributed by atoms with Crippen LogP contribution in [0, 0.1) is 5.41 Å². The summed E-state index contributed by atoms with van der Waals surface area (Å²) in [5.41, 5.74) is 1.67. The number of fused-ring (bicyclic) bond motifs is 1. The summed E-state index contributed by atoms with van der Waals surface area (Å²) in [4.78, 5) is 14.6. The lowest BCUT2D eigenvalue weighted by Gasteiger charge is -2.39. The highest BCUT2D eigenvalue weighted by molar-refractivity contribution is 7.14. The van der Waals surface area contributed by atoms with Gasteiger partial charge in [-0.2, -0.15) is 0 Å². The Labute approximate surface area is 125 Å². The zero-order chi connectivity index (χ0) is 14.2. The highest BCUT2D eigenvalue weighted by Crippen LogP contribution is 2.31. The van der Waals surface area contributed by atoms with Crippen molar-refractivity contribution >= 4 is 17.2 Å². The summed E-state index contributed by atoms with van der Waals surface area (Å²) < 4.78 is 0. The first-order chi connectivity index (χ1) is 9.56. The standard InChI is InChI=1S/C16H24N2OS/c1-16(2)7-4-8-17-14(16)10-18-15(19)13-9-11-5-3-6-12(11)20-13/h9,14,17H,3-8,10H2,1-2H3,(H,18,19). The summed E-state index contributed by atoms with van der Waals surface area (Å²) in [5.74, 6) is 0.104. The average Bonchev–Trinajstić information content (AvgIpc) is 2.97. The van der Waals surface area contributed by atoms with E-state index in [0.29, 0.717) is 6.04 Å². The first kappa shape index (κ1) is 14.1. The van der Waals surface area contributed by atoms with Crippen molar-refractivity contribution in [3.05, 3.63) is 21.4 Å². The van der Waals surface area contributed by atoms with Crippen molar-refractivity contribution in [1.82, 2.24) is 10.6 Å². The quantitative estimate of drug-likeness (QED) is 0.899. The monoisotopic (exact) mass is 292 g/mol. The zero-order valence-corrected chi connectivity index (χ0v) is 13.2. The van der Waals surface area contributed by atoms with E-state index in [1.165, 1.54) is 29.7 Å². The molecule has 0 aromatic carbocycles. The molecule has 3 rings (SSSR count). The van der Waals surface area contributed by atoms with Crippen LogP contribution in [-0.4, -0.2) is 25.0 Å². The second kappa shape index (κ2) is 5.49. The van der Waals surface area contributed by atoms with Crippen LogP contribution in [0.4, 0.5) is 0 Å². The Bertz CT molecular complexity index is 485. The Balaban J connectivity index is 1.58. The van der Waals surface area contributed by atoms with E-state index in [1.54, 1.807) is 11.3 Å². The number of hydrogen-bond acceptors (Lipinski definition) is 3. The van der Waals surface area contributed by atoms with Gasteiger partial charge in [-0.3, -0.25) is 4.79 Å². The topological polar surface area (TPSA) is 41.1 Å². The van der Waals surface area contributed by atoms with Gasteiger partial charge >= 0.3 is 0 Å². The van der Waals surface area contributed by atoms with Gasteiger partial charge in [-0.15, -0.1) is 11.3 Å². The number of thiophene rings is 1. The fourth-order valence-electron chi connectivity index (χ4n) is 3.34. The van der Waals surface area contributed by atoms with Crippen molar-refractivity contribution in [2.45, 2.75) is 52.0 Å². The van der Waals surface area contributed by atoms with Crippen molar-refractivity contribution in [3.8, 4) is 0 Å². The molecule has 1 aliphatic carbocycles. The third-order valence-corrected chi connectivity index (χ3v) is 6.00. The number of hydrogen-bond donors (Lipinski definition) is 2. The molecule has 1 amide bonds. The van der Waals surface area contributed by atoms with E-state index in [2.05, 4.69) is 30.5 Å².